The number of amides is 2. The molecular weight excluding hydrogens is 328 g/mol. The van der Waals surface area contributed by atoms with Gasteiger partial charge in [-0.1, -0.05) is 0 Å². The highest BCUT2D eigenvalue weighted by Crippen LogP contribution is 2.01. The summed E-state index contributed by atoms with van der Waals surface area (Å²) in [6, 6.07) is -1.26. The molecule has 0 spiro atoms. The number of nitrogens with one attached hydrogen (secondary N) is 3. The summed E-state index contributed by atoms with van der Waals surface area (Å²) in [7, 11) is 1.67. The molecule has 0 aliphatic carbocycles. The molecule has 0 radical (unpaired) electrons. The molecule has 2 amide bonds. The van der Waals surface area contributed by atoms with Gasteiger partial charge in [-0.15, -0.1) is 0 Å². The van der Waals surface area contributed by atoms with Gasteiger partial charge in [-0.2, -0.15) is 0 Å². The number of hydrogen-bond acceptors (Lipinski definition) is 6. The molecule has 9 nitrogen and oxygen atoms in total. The molecule has 0 heterocycles. The van der Waals surface area contributed by atoms with Gasteiger partial charge in [0.05, 0.1) is 17.9 Å². The van der Waals surface area contributed by atoms with Crippen LogP contribution in [-0.4, -0.2) is 55.3 Å². The van der Waals surface area contributed by atoms with Gasteiger partial charge >= 0.3 is 5.97 Å². The van der Waals surface area contributed by atoms with Gasteiger partial charge in [-0.3, -0.25) is 24.0 Å². The molecule has 0 bridgehead atoms. The Morgan fingerprint density at radius 1 is 1.22 bits per heavy atom. The lowest BCUT2D eigenvalue weighted by Gasteiger charge is -2.13. The van der Waals surface area contributed by atoms with E-state index >= 15 is 0 Å². The van der Waals surface area contributed by atoms with Crippen molar-refractivity contribution in [1.29, 1.82) is 0 Å². The molecule has 23 heavy (non-hydrogen) atoms. The maximum Gasteiger partial charge on any atom is 0.320 e. The normalized spacial score (nSPS) is 13.3. The van der Waals surface area contributed by atoms with Crippen molar-refractivity contribution in [3.8, 4) is 0 Å². The Kier molecular flexibility index (Phi) is 12.3. The van der Waals surface area contributed by atoms with Gasteiger partial charge < -0.3 is 21.5 Å². The predicted molar refractivity (Wildman–Crippen MR) is 84.5 cm³/mol. The van der Waals surface area contributed by atoms with Crippen LogP contribution in [0.5, 0.6) is 0 Å². The number of aliphatic carboxylic acids is 1. The first-order valence-corrected chi connectivity index (χ1v) is 7.66. The van der Waals surface area contributed by atoms with Crippen molar-refractivity contribution in [3.05, 3.63) is 0 Å². The number of likely N-dealkylation sites (N-methyl/N-ethyl adjacent to an activating group) is 1. The smallest absolute Gasteiger partial charge is 0.320 e. The SMILES string of the molecule is CN[C@@H](CCCCNC(=O)CC[C@H](NCOCl)C(=O)O)C(N)=O. The lowest BCUT2D eigenvalue weighted by Crippen LogP contribution is -2.39. The van der Waals surface area contributed by atoms with Crippen molar-refractivity contribution >= 4 is 29.6 Å². The Labute approximate surface area is 140 Å². The molecule has 0 aromatic rings. The summed E-state index contributed by atoms with van der Waals surface area (Å²) in [5, 5.41) is 17.0. The molecule has 0 saturated heterocycles. The first-order valence-electron chi connectivity index (χ1n) is 7.35. The molecule has 0 saturated carbocycles. The molecule has 6 N–H and O–H groups in total. The zero-order chi connectivity index (χ0) is 17.7. The summed E-state index contributed by atoms with van der Waals surface area (Å²) in [6.45, 7) is 0.344. The van der Waals surface area contributed by atoms with Crippen molar-refractivity contribution in [1.82, 2.24) is 16.0 Å². The van der Waals surface area contributed by atoms with Crippen LogP contribution in [0, 0.1) is 0 Å². The minimum absolute atomic E-state index is 0.0761. The van der Waals surface area contributed by atoms with Crippen molar-refractivity contribution in [3.63, 3.8) is 0 Å². The monoisotopic (exact) mass is 352 g/mol. The van der Waals surface area contributed by atoms with Crippen LogP contribution in [0.15, 0.2) is 0 Å². The van der Waals surface area contributed by atoms with Crippen LogP contribution in [0.1, 0.15) is 32.1 Å². The van der Waals surface area contributed by atoms with Crippen LogP contribution < -0.4 is 21.7 Å². The number of carboxylic acids is 1. The number of hydrogen-bond donors (Lipinski definition) is 5. The largest absolute Gasteiger partial charge is 0.480 e. The summed E-state index contributed by atoms with van der Waals surface area (Å²) >= 11 is 5.00. The standard InChI is InChI=1S/C13H25ClN4O5/c1-16-9(12(15)20)4-2-3-7-17-11(19)6-5-10(13(21)22)18-8-23-14/h9-10,16,18H,2-8H2,1H3,(H2,15,20)(H,17,19)(H,21,22)/t9-,10-/m0/s1. The maximum absolute atomic E-state index is 11.6. The highest BCUT2D eigenvalue weighted by molar-refractivity contribution is 6.07. The Hall–Kier alpha value is -1.42. The van der Waals surface area contributed by atoms with Crippen molar-refractivity contribution in [2.75, 3.05) is 20.3 Å². The zero-order valence-corrected chi connectivity index (χ0v) is 13.9. The van der Waals surface area contributed by atoms with E-state index in [0.29, 0.717) is 19.4 Å². The molecule has 0 fully saturated rings. The molecule has 0 aromatic heterocycles. The van der Waals surface area contributed by atoms with Gasteiger partial charge in [0.1, 0.15) is 12.8 Å². The van der Waals surface area contributed by atoms with E-state index in [1.807, 2.05) is 0 Å². The van der Waals surface area contributed by atoms with Crippen molar-refractivity contribution in [2.24, 2.45) is 5.73 Å². The van der Waals surface area contributed by atoms with Crippen LogP contribution in [0.25, 0.3) is 0 Å². The van der Waals surface area contributed by atoms with E-state index in [9.17, 15) is 14.4 Å². The second-order valence-electron chi connectivity index (χ2n) is 4.98. The molecule has 0 aliphatic rings. The van der Waals surface area contributed by atoms with Crippen LogP contribution in [0.2, 0.25) is 0 Å². The second-order valence-corrected chi connectivity index (χ2v) is 5.19. The number of halogens is 1. The summed E-state index contributed by atoms with van der Waals surface area (Å²) < 4.78 is 4.23. The van der Waals surface area contributed by atoms with Crippen LogP contribution in [0.4, 0.5) is 0 Å². The van der Waals surface area contributed by atoms with Crippen LogP contribution in [0.3, 0.4) is 0 Å². The second kappa shape index (κ2) is 13.1. The fourth-order valence-corrected chi connectivity index (χ4v) is 2.00. The predicted octanol–water partition coefficient (Wildman–Crippen LogP) is -0.703. The highest BCUT2D eigenvalue weighted by atomic mass is 35.5. The van der Waals surface area contributed by atoms with E-state index < -0.39 is 17.9 Å². The van der Waals surface area contributed by atoms with Gasteiger partial charge in [0.25, 0.3) is 0 Å². The molecule has 0 rings (SSSR count). The fourth-order valence-electron chi connectivity index (χ4n) is 1.94. The number of rotatable bonds is 14. The number of carboxylic acid groups (broad SMARTS) is 1. The maximum atomic E-state index is 11.6. The van der Waals surface area contributed by atoms with Crippen molar-refractivity contribution in [2.45, 2.75) is 44.2 Å². The fraction of sp³-hybridized carbons (Fsp3) is 0.769. The van der Waals surface area contributed by atoms with Gasteiger partial charge in [-0.05, 0) is 32.7 Å². The van der Waals surface area contributed by atoms with Crippen LogP contribution >= 0.6 is 11.9 Å². The van der Waals surface area contributed by atoms with E-state index in [-0.39, 0.29) is 31.5 Å². The summed E-state index contributed by atoms with van der Waals surface area (Å²) in [5.74, 6) is -1.70. The Morgan fingerprint density at radius 3 is 2.43 bits per heavy atom. The summed E-state index contributed by atoms with van der Waals surface area (Å²) in [5.41, 5.74) is 5.19. The highest BCUT2D eigenvalue weighted by Gasteiger charge is 2.18. The van der Waals surface area contributed by atoms with Gasteiger partial charge in [-0.25, -0.2) is 0 Å². The number of carbonyl (C=O) groups is 3. The first kappa shape index (κ1) is 21.6. The quantitative estimate of drug-likeness (QED) is 0.205. The lowest BCUT2D eigenvalue weighted by molar-refractivity contribution is -0.140. The molecular formula is C13H25ClN4O5. The van der Waals surface area contributed by atoms with Gasteiger partial charge in [0, 0.05) is 13.0 Å². The molecule has 10 heteroatoms. The van der Waals surface area contributed by atoms with E-state index in [1.54, 1.807) is 7.05 Å². The third kappa shape index (κ3) is 10.9. The van der Waals surface area contributed by atoms with E-state index in [1.165, 1.54) is 0 Å². The van der Waals surface area contributed by atoms with Gasteiger partial charge in [0.15, 0.2) is 0 Å². The number of primary amides is 1. The van der Waals surface area contributed by atoms with Gasteiger partial charge in [0.2, 0.25) is 11.8 Å². The third-order valence-corrected chi connectivity index (χ3v) is 3.39. The third-order valence-electron chi connectivity index (χ3n) is 3.28. The number of nitrogens with two attached hydrogens (primary N) is 1. The minimum atomic E-state index is -1.07. The Morgan fingerprint density at radius 2 is 1.91 bits per heavy atom. The zero-order valence-electron chi connectivity index (χ0n) is 13.1. The average molecular weight is 353 g/mol. The Balaban J connectivity index is 3.81. The Bertz CT molecular complexity index is 383. The number of carbonyl (C=O) groups excluding carboxylic acids is 2. The van der Waals surface area contributed by atoms with E-state index in [2.05, 4.69) is 20.2 Å². The minimum Gasteiger partial charge on any atom is -0.480 e. The summed E-state index contributed by atoms with van der Waals surface area (Å²) in [6.07, 6.45) is 2.25. The molecule has 2 atom stereocenters. The first-order chi connectivity index (χ1) is 10.9. The molecule has 0 unspecified atom stereocenters. The van der Waals surface area contributed by atoms with Crippen molar-refractivity contribution < 1.29 is 23.8 Å². The molecule has 0 aliphatic heterocycles. The topological polar surface area (TPSA) is 143 Å². The number of unbranched alkanes of at least 4 members (excludes halogenated alkanes) is 1. The lowest BCUT2D eigenvalue weighted by atomic mass is 10.1. The molecule has 0 aromatic carbocycles. The average Bonchev–Trinajstić information content (AvgIpc) is 2.50. The summed E-state index contributed by atoms with van der Waals surface area (Å²) in [4.78, 5) is 33.6. The van der Waals surface area contributed by atoms with E-state index in [4.69, 9.17) is 22.7 Å². The molecule has 134 valence electrons. The van der Waals surface area contributed by atoms with E-state index in [0.717, 1.165) is 6.42 Å². The van der Waals surface area contributed by atoms with Crippen LogP contribution in [-0.2, 0) is 18.7 Å².